The van der Waals surface area contributed by atoms with Crippen LogP contribution in [0.2, 0.25) is 10.0 Å². The first kappa shape index (κ1) is 22.9. The van der Waals surface area contributed by atoms with E-state index >= 15 is 0 Å². The average Bonchev–Trinajstić information content (AvgIpc) is 2.53. The first-order chi connectivity index (χ1) is 11.8. The monoisotopic (exact) mass is 417 g/mol. The largest absolute Gasteiger partial charge is 0.490 e. The summed E-state index contributed by atoms with van der Waals surface area (Å²) in [6.07, 6.45) is 0. The molecular weight excluding hydrogens is 393 g/mol. The molecule has 0 aliphatic heterocycles. The highest BCUT2D eigenvalue weighted by Crippen LogP contribution is 2.37. The molecule has 0 heterocycles. The highest BCUT2D eigenvalue weighted by molar-refractivity contribution is 6.32. The van der Waals surface area contributed by atoms with Gasteiger partial charge in [-0.15, -0.1) is 12.4 Å². The van der Waals surface area contributed by atoms with Crippen molar-refractivity contribution < 1.29 is 9.47 Å². The van der Waals surface area contributed by atoms with Gasteiger partial charge in [-0.2, -0.15) is 0 Å². The van der Waals surface area contributed by atoms with Gasteiger partial charge in [-0.25, -0.2) is 0 Å². The van der Waals surface area contributed by atoms with Crippen LogP contribution in [-0.4, -0.2) is 12.1 Å². The fraction of sp³-hybridized carbons (Fsp3) is 0.400. The van der Waals surface area contributed by atoms with Gasteiger partial charge in [-0.3, -0.25) is 0 Å². The lowest BCUT2D eigenvalue weighted by atomic mass is 10.1. The zero-order valence-electron chi connectivity index (χ0n) is 15.6. The van der Waals surface area contributed by atoms with Crippen molar-refractivity contribution in [2.75, 3.05) is 6.61 Å². The number of halogens is 3. The van der Waals surface area contributed by atoms with E-state index in [9.17, 15) is 0 Å². The Kier molecular flexibility index (Phi) is 9.05. The molecule has 3 nitrogen and oxygen atoms in total. The molecule has 0 amide bonds. The molecule has 2 rings (SSSR count). The van der Waals surface area contributed by atoms with Crippen molar-refractivity contribution in [3.63, 3.8) is 0 Å². The Morgan fingerprint density at radius 2 is 1.62 bits per heavy atom. The fourth-order valence-corrected chi connectivity index (χ4v) is 2.64. The van der Waals surface area contributed by atoms with Crippen LogP contribution in [0.15, 0.2) is 36.4 Å². The SMILES string of the molecule is CCOc1cc(CNC(C)(C)C)cc(Cl)c1OCc1ccc(Cl)cc1.Cl. The maximum Gasteiger partial charge on any atom is 0.180 e. The number of rotatable bonds is 7. The Morgan fingerprint density at radius 3 is 2.19 bits per heavy atom. The van der Waals surface area contributed by atoms with Gasteiger partial charge in [0.2, 0.25) is 0 Å². The molecule has 0 aliphatic rings. The molecule has 2 aromatic rings. The van der Waals surface area contributed by atoms with Gasteiger partial charge in [0.1, 0.15) is 6.61 Å². The molecule has 0 fully saturated rings. The van der Waals surface area contributed by atoms with Crippen LogP contribution >= 0.6 is 35.6 Å². The quantitative estimate of drug-likeness (QED) is 0.574. The normalized spacial score (nSPS) is 11.0. The van der Waals surface area contributed by atoms with Crippen molar-refractivity contribution in [1.82, 2.24) is 5.32 Å². The van der Waals surface area contributed by atoms with E-state index in [0.717, 1.165) is 11.1 Å². The minimum absolute atomic E-state index is 0. The Bertz CT molecular complexity index is 697. The number of hydrogen-bond acceptors (Lipinski definition) is 3. The smallest absolute Gasteiger partial charge is 0.180 e. The predicted octanol–water partition coefficient (Wildman–Crippen LogP) is 6.28. The maximum atomic E-state index is 6.46. The van der Waals surface area contributed by atoms with Gasteiger partial charge in [0, 0.05) is 17.1 Å². The molecule has 0 aromatic heterocycles. The zero-order valence-corrected chi connectivity index (χ0v) is 17.9. The lowest BCUT2D eigenvalue weighted by Gasteiger charge is -2.21. The van der Waals surface area contributed by atoms with Crippen LogP contribution in [0, 0.1) is 0 Å². The van der Waals surface area contributed by atoms with Crippen LogP contribution in [0.5, 0.6) is 11.5 Å². The van der Waals surface area contributed by atoms with Gasteiger partial charge >= 0.3 is 0 Å². The first-order valence-electron chi connectivity index (χ1n) is 8.36. The van der Waals surface area contributed by atoms with Crippen molar-refractivity contribution in [2.24, 2.45) is 0 Å². The van der Waals surface area contributed by atoms with Gasteiger partial charge in [0.05, 0.1) is 11.6 Å². The summed E-state index contributed by atoms with van der Waals surface area (Å²) in [6.45, 7) is 9.98. The molecule has 1 N–H and O–H groups in total. The van der Waals surface area contributed by atoms with E-state index in [2.05, 4.69) is 26.1 Å². The number of nitrogens with one attached hydrogen (secondary N) is 1. The van der Waals surface area contributed by atoms with Gasteiger partial charge in [-0.05, 0) is 63.1 Å². The lowest BCUT2D eigenvalue weighted by Crippen LogP contribution is -2.35. The van der Waals surface area contributed by atoms with Crippen molar-refractivity contribution >= 4 is 35.6 Å². The molecule has 144 valence electrons. The maximum absolute atomic E-state index is 6.46. The van der Waals surface area contributed by atoms with Gasteiger partial charge in [0.25, 0.3) is 0 Å². The predicted molar refractivity (Wildman–Crippen MR) is 112 cm³/mol. The first-order valence-corrected chi connectivity index (χ1v) is 9.11. The average molecular weight is 419 g/mol. The van der Waals surface area contributed by atoms with Crippen molar-refractivity contribution in [1.29, 1.82) is 0 Å². The van der Waals surface area contributed by atoms with E-state index in [1.807, 2.05) is 43.3 Å². The Morgan fingerprint density at radius 1 is 0.962 bits per heavy atom. The number of benzene rings is 2. The van der Waals surface area contributed by atoms with Crippen molar-refractivity contribution in [3.05, 3.63) is 57.6 Å². The summed E-state index contributed by atoms with van der Waals surface area (Å²) >= 11 is 12.4. The van der Waals surface area contributed by atoms with E-state index in [4.69, 9.17) is 32.7 Å². The zero-order chi connectivity index (χ0) is 18.4. The molecular formula is C20H26Cl3NO2. The summed E-state index contributed by atoms with van der Waals surface area (Å²) in [5.74, 6) is 1.23. The van der Waals surface area contributed by atoms with E-state index in [-0.39, 0.29) is 17.9 Å². The third-order valence-corrected chi connectivity index (χ3v) is 4.02. The number of ether oxygens (including phenoxy) is 2. The molecule has 0 saturated carbocycles. The summed E-state index contributed by atoms with van der Waals surface area (Å²) in [5.41, 5.74) is 2.10. The highest BCUT2D eigenvalue weighted by atomic mass is 35.5. The Balaban J connectivity index is 0.00000338. The van der Waals surface area contributed by atoms with Crippen molar-refractivity contribution in [3.8, 4) is 11.5 Å². The van der Waals surface area contributed by atoms with Crippen LogP contribution in [0.4, 0.5) is 0 Å². The molecule has 0 spiro atoms. The van der Waals surface area contributed by atoms with Gasteiger partial charge in [-0.1, -0.05) is 35.3 Å². The molecule has 0 atom stereocenters. The Labute approximate surface area is 172 Å². The number of hydrogen-bond donors (Lipinski definition) is 1. The second kappa shape index (κ2) is 10.3. The molecule has 0 aliphatic carbocycles. The van der Waals surface area contributed by atoms with E-state index in [0.29, 0.717) is 41.3 Å². The molecule has 0 unspecified atom stereocenters. The van der Waals surface area contributed by atoms with E-state index < -0.39 is 0 Å². The third-order valence-electron chi connectivity index (χ3n) is 3.49. The van der Waals surface area contributed by atoms with Crippen LogP contribution in [0.3, 0.4) is 0 Å². The minimum Gasteiger partial charge on any atom is -0.490 e. The topological polar surface area (TPSA) is 30.5 Å². The minimum atomic E-state index is 0. The standard InChI is InChI=1S/C20H25Cl2NO2.ClH/c1-5-24-18-11-15(12-23-20(2,3)4)10-17(22)19(18)25-13-14-6-8-16(21)9-7-14;/h6-11,23H,5,12-13H2,1-4H3;1H. The summed E-state index contributed by atoms with van der Waals surface area (Å²) < 4.78 is 11.7. The molecule has 26 heavy (non-hydrogen) atoms. The molecule has 2 aromatic carbocycles. The fourth-order valence-electron chi connectivity index (χ4n) is 2.23. The summed E-state index contributed by atoms with van der Waals surface area (Å²) in [6, 6.07) is 11.4. The Hall–Kier alpha value is -1.13. The lowest BCUT2D eigenvalue weighted by molar-refractivity contribution is 0.269. The highest BCUT2D eigenvalue weighted by Gasteiger charge is 2.15. The van der Waals surface area contributed by atoms with Gasteiger partial charge < -0.3 is 14.8 Å². The second-order valence-electron chi connectivity index (χ2n) is 6.86. The second-order valence-corrected chi connectivity index (χ2v) is 7.70. The van der Waals surface area contributed by atoms with Gasteiger partial charge in [0.15, 0.2) is 11.5 Å². The van der Waals surface area contributed by atoms with Crippen LogP contribution in [0.25, 0.3) is 0 Å². The van der Waals surface area contributed by atoms with E-state index in [1.165, 1.54) is 0 Å². The molecule has 0 radical (unpaired) electrons. The van der Waals surface area contributed by atoms with Crippen LogP contribution < -0.4 is 14.8 Å². The van der Waals surface area contributed by atoms with Crippen LogP contribution in [-0.2, 0) is 13.2 Å². The molecule has 0 saturated heterocycles. The summed E-state index contributed by atoms with van der Waals surface area (Å²) in [5, 5.41) is 4.70. The summed E-state index contributed by atoms with van der Waals surface area (Å²) in [7, 11) is 0. The van der Waals surface area contributed by atoms with E-state index in [1.54, 1.807) is 0 Å². The molecule has 6 heteroatoms. The molecule has 0 bridgehead atoms. The van der Waals surface area contributed by atoms with Crippen LogP contribution in [0.1, 0.15) is 38.8 Å². The third kappa shape index (κ3) is 7.24. The van der Waals surface area contributed by atoms with Crippen molar-refractivity contribution in [2.45, 2.75) is 46.4 Å². The summed E-state index contributed by atoms with van der Waals surface area (Å²) in [4.78, 5) is 0.